The van der Waals surface area contributed by atoms with Crippen molar-refractivity contribution in [3.63, 3.8) is 0 Å². The van der Waals surface area contributed by atoms with Gasteiger partial charge >= 0.3 is 6.18 Å². The van der Waals surface area contributed by atoms with Crippen molar-refractivity contribution in [1.82, 2.24) is 35.2 Å². The Morgan fingerprint density at radius 1 is 1.17 bits per heavy atom. The first kappa shape index (κ1) is 20.3. The summed E-state index contributed by atoms with van der Waals surface area (Å²) in [5.41, 5.74) is 0.847. The molecule has 0 bridgehead atoms. The molecule has 1 aliphatic rings. The Bertz CT molecular complexity index is 991. The number of carbonyl (C=O) groups is 1. The lowest BCUT2D eigenvalue weighted by Gasteiger charge is -2.30. The van der Waals surface area contributed by atoms with E-state index in [-0.39, 0.29) is 30.2 Å². The van der Waals surface area contributed by atoms with Crippen LogP contribution in [-0.4, -0.2) is 55.2 Å². The van der Waals surface area contributed by atoms with E-state index < -0.39 is 12.6 Å². The standard InChI is InChI=1S/C19H22F3N7O/c20-19(21,22)6-8-24-14-1-3-15(4-2-14)27-18(30)16-17-13(5-7-25-16)11-26-29(17)28-10-9-23-12-28/h5,7,9-12,14-15,24H,1-4,6,8H2,(H,27,30). The van der Waals surface area contributed by atoms with E-state index in [0.29, 0.717) is 31.2 Å². The van der Waals surface area contributed by atoms with Gasteiger partial charge in [-0.3, -0.25) is 4.79 Å². The first-order valence-corrected chi connectivity index (χ1v) is 9.83. The molecule has 0 aromatic carbocycles. The molecule has 11 heteroatoms. The van der Waals surface area contributed by atoms with Gasteiger partial charge in [-0.1, -0.05) is 0 Å². The Balaban J connectivity index is 1.38. The van der Waals surface area contributed by atoms with Crippen molar-refractivity contribution in [3.05, 3.63) is 42.9 Å². The average Bonchev–Trinajstić information content (AvgIpc) is 3.37. The molecular weight excluding hydrogens is 399 g/mol. The van der Waals surface area contributed by atoms with Gasteiger partial charge in [0, 0.05) is 42.6 Å². The van der Waals surface area contributed by atoms with Crippen molar-refractivity contribution in [2.45, 2.75) is 50.4 Å². The topological polar surface area (TPSA) is 89.7 Å². The summed E-state index contributed by atoms with van der Waals surface area (Å²) in [5.74, 6) is -0.295. The van der Waals surface area contributed by atoms with Gasteiger partial charge in [0.15, 0.2) is 5.69 Å². The molecule has 0 atom stereocenters. The molecule has 1 fully saturated rings. The molecule has 1 aliphatic carbocycles. The highest BCUT2D eigenvalue weighted by atomic mass is 19.4. The monoisotopic (exact) mass is 421 g/mol. The summed E-state index contributed by atoms with van der Waals surface area (Å²) in [6, 6.07) is 1.79. The Hall–Kier alpha value is -2.95. The minimum Gasteiger partial charge on any atom is -0.348 e. The summed E-state index contributed by atoms with van der Waals surface area (Å²) in [5, 5.41) is 11.1. The van der Waals surface area contributed by atoms with Crippen molar-refractivity contribution in [2.24, 2.45) is 0 Å². The molecule has 2 N–H and O–H groups in total. The Labute approximate surface area is 170 Å². The molecular formula is C19H22F3N7O. The van der Waals surface area contributed by atoms with E-state index in [1.54, 1.807) is 46.6 Å². The molecule has 1 amide bonds. The van der Waals surface area contributed by atoms with Crippen molar-refractivity contribution in [2.75, 3.05) is 6.54 Å². The van der Waals surface area contributed by atoms with Crippen molar-refractivity contribution in [3.8, 4) is 0 Å². The molecule has 160 valence electrons. The molecule has 0 saturated heterocycles. The number of nitrogens with zero attached hydrogens (tertiary/aromatic N) is 5. The fourth-order valence-corrected chi connectivity index (χ4v) is 3.78. The van der Waals surface area contributed by atoms with Crippen LogP contribution in [0.15, 0.2) is 37.2 Å². The lowest BCUT2D eigenvalue weighted by molar-refractivity contribution is -0.133. The van der Waals surface area contributed by atoms with Crippen LogP contribution in [0, 0.1) is 0 Å². The summed E-state index contributed by atoms with van der Waals surface area (Å²) in [6.07, 6.45) is 6.00. The maximum atomic E-state index is 12.9. The second-order valence-electron chi connectivity index (χ2n) is 7.42. The largest absolute Gasteiger partial charge is 0.390 e. The zero-order valence-electron chi connectivity index (χ0n) is 16.1. The van der Waals surface area contributed by atoms with E-state index in [1.165, 1.54) is 0 Å². The van der Waals surface area contributed by atoms with Crippen LogP contribution in [0.5, 0.6) is 0 Å². The van der Waals surface area contributed by atoms with Gasteiger partial charge in [-0.05, 0) is 31.7 Å². The van der Waals surface area contributed by atoms with Crippen LogP contribution in [0.25, 0.3) is 10.9 Å². The smallest absolute Gasteiger partial charge is 0.348 e. The highest BCUT2D eigenvalue weighted by Crippen LogP contribution is 2.22. The van der Waals surface area contributed by atoms with Gasteiger partial charge < -0.3 is 10.6 Å². The summed E-state index contributed by atoms with van der Waals surface area (Å²) >= 11 is 0. The number of nitrogens with one attached hydrogen (secondary N) is 2. The normalized spacial score (nSPS) is 19.8. The highest BCUT2D eigenvalue weighted by molar-refractivity contribution is 6.03. The predicted octanol–water partition coefficient (Wildman–Crippen LogP) is 2.52. The van der Waals surface area contributed by atoms with Crippen molar-refractivity contribution in [1.29, 1.82) is 0 Å². The van der Waals surface area contributed by atoms with Crippen LogP contribution < -0.4 is 10.6 Å². The van der Waals surface area contributed by atoms with Gasteiger partial charge in [0.1, 0.15) is 11.8 Å². The van der Waals surface area contributed by atoms with E-state index in [2.05, 4.69) is 25.7 Å². The third kappa shape index (κ3) is 4.61. The van der Waals surface area contributed by atoms with Crippen LogP contribution in [0.2, 0.25) is 0 Å². The zero-order valence-corrected chi connectivity index (χ0v) is 16.1. The fraction of sp³-hybridized carbons (Fsp3) is 0.474. The lowest BCUT2D eigenvalue weighted by Crippen LogP contribution is -2.43. The first-order valence-electron chi connectivity index (χ1n) is 9.83. The third-order valence-corrected chi connectivity index (χ3v) is 5.29. The van der Waals surface area contributed by atoms with Crippen LogP contribution in [-0.2, 0) is 0 Å². The fourth-order valence-electron chi connectivity index (χ4n) is 3.78. The molecule has 30 heavy (non-hydrogen) atoms. The van der Waals surface area contributed by atoms with Gasteiger partial charge in [-0.2, -0.15) is 23.1 Å². The second-order valence-corrected chi connectivity index (χ2v) is 7.42. The average molecular weight is 421 g/mol. The number of amides is 1. The molecule has 0 spiro atoms. The molecule has 8 nitrogen and oxygen atoms in total. The number of pyridine rings is 1. The molecule has 1 saturated carbocycles. The van der Waals surface area contributed by atoms with E-state index in [4.69, 9.17) is 0 Å². The van der Waals surface area contributed by atoms with Crippen LogP contribution in [0.4, 0.5) is 13.2 Å². The number of carbonyl (C=O) groups excluding carboxylic acids is 1. The number of alkyl halides is 3. The molecule has 0 aliphatic heterocycles. The summed E-state index contributed by atoms with van der Waals surface area (Å²) in [6.45, 7) is -0.0741. The Kier molecular flexibility index (Phi) is 5.71. The minimum absolute atomic E-state index is 0.0418. The third-order valence-electron chi connectivity index (χ3n) is 5.29. The quantitative estimate of drug-likeness (QED) is 0.639. The lowest BCUT2D eigenvalue weighted by atomic mass is 9.91. The first-order chi connectivity index (χ1) is 14.4. The van der Waals surface area contributed by atoms with E-state index >= 15 is 0 Å². The second kappa shape index (κ2) is 8.42. The van der Waals surface area contributed by atoms with Gasteiger partial charge in [0.25, 0.3) is 5.91 Å². The zero-order chi connectivity index (χ0) is 21.1. The molecule has 3 aromatic rings. The van der Waals surface area contributed by atoms with Gasteiger partial charge in [-0.15, -0.1) is 0 Å². The van der Waals surface area contributed by atoms with Crippen LogP contribution >= 0.6 is 0 Å². The van der Waals surface area contributed by atoms with Gasteiger partial charge in [-0.25, -0.2) is 14.6 Å². The molecule has 0 unspecified atom stereocenters. The summed E-state index contributed by atoms with van der Waals surface area (Å²) in [7, 11) is 0. The number of hydrogen-bond acceptors (Lipinski definition) is 5. The SMILES string of the molecule is O=C(NC1CCC(NCCC(F)(F)F)CC1)c1nccc2cnn(-n3ccnc3)c12. The molecule has 0 radical (unpaired) electrons. The summed E-state index contributed by atoms with van der Waals surface area (Å²) < 4.78 is 38.5. The van der Waals surface area contributed by atoms with Crippen molar-refractivity contribution < 1.29 is 18.0 Å². The Morgan fingerprint density at radius 2 is 1.93 bits per heavy atom. The number of halogens is 3. The molecule has 4 rings (SSSR count). The number of imidazole rings is 1. The van der Waals surface area contributed by atoms with Gasteiger partial charge in [0.05, 0.1) is 12.6 Å². The highest BCUT2D eigenvalue weighted by Gasteiger charge is 2.28. The number of fused-ring (bicyclic) bond motifs is 1. The van der Waals surface area contributed by atoms with E-state index in [1.807, 2.05) is 0 Å². The maximum Gasteiger partial charge on any atom is 0.390 e. The number of aromatic nitrogens is 5. The number of rotatable bonds is 6. The minimum atomic E-state index is -4.14. The van der Waals surface area contributed by atoms with E-state index in [0.717, 1.165) is 5.39 Å². The van der Waals surface area contributed by atoms with Crippen LogP contribution in [0.3, 0.4) is 0 Å². The summed E-state index contributed by atoms with van der Waals surface area (Å²) in [4.78, 5) is 22.8. The van der Waals surface area contributed by atoms with Crippen molar-refractivity contribution >= 4 is 16.8 Å². The molecule has 3 heterocycles. The Morgan fingerprint density at radius 3 is 2.63 bits per heavy atom. The van der Waals surface area contributed by atoms with E-state index in [9.17, 15) is 18.0 Å². The maximum absolute atomic E-state index is 12.9. The molecule has 3 aromatic heterocycles. The van der Waals surface area contributed by atoms with Gasteiger partial charge in [0.2, 0.25) is 0 Å². The van der Waals surface area contributed by atoms with Crippen LogP contribution in [0.1, 0.15) is 42.6 Å². The number of hydrogen-bond donors (Lipinski definition) is 2. The predicted molar refractivity (Wildman–Crippen MR) is 103 cm³/mol.